The van der Waals surface area contributed by atoms with Gasteiger partial charge in [0.1, 0.15) is 0 Å². The summed E-state index contributed by atoms with van der Waals surface area (Å²) in [5.41, 5.74) is 5.28. The van der Waals surface area contributed by atoms with Crippen molar-refractivity contribution < 1.29 is 9.53 Å². The zero-order chi connectivity index (χ0) is 12.7. The summed E-state index contributed by atoms with van der Waals surface area (Å²) in [5, 5.41) is 8.62. The van der Waals surface area contributed by atoms with Crippen LogP contribution in [0.5, 0.6) is 0 Å². The molecule has 0 aliphatic rings. The van der Waals surface area contributed by atoms with E-state index in [9.17, 15) is 4.79 Å². The largest absolute Gasteiger partial charge is 0.378 e. The molecule has 1 aromatic heterocycles. The standard InChI is InChI=1S/C9H18N6O2/c1-15(2)4-6-17-5-3-11-8(16)7-12-9(10)14-13-7/h3-6H2,1-2H3,(H,11,16)(H3,10,12,13,14). The van der Waals surface area contributed by atoms with Gasteiger partial charge in [0, 0.05) is 13.1 Å². The molecule has 0 spiro atoms. The molecule has 0 atom stereocenters. The summed E-state index contributed by atoms with van der Waals surface area (Å²) in [5.74, 6) is -0.182. The lowest BCUT2D eigenvalue weighted by molar-refractivity contribution is 0.0891. The number of amides is 1. The van der Waals surface area contributed by atoms with Crippen molar-refractivity contribution in [3.63, 3.8) is 0 Å². The maximum absolute atomic E-state index is 11.4. The topological polar surface area (TPSA) is 109 Å². The third kappa shape index (κ3) is 5.27. The smallest absolute Gasteiger partial charge is 0.288 e. The highest BCUT2D eigenvalue weighted by Crippen LogP contribution is 1.91. The number of ether oxygens (including phenoxy) is 1. The van der Waals surface area contributed by atoms with Crippen molar-refractivity contribution in [2.45, 2.75) is 0 Å². The van der Waals surface area contributed by atoms with Crippen LogP contribution in [-0.2, 0) is 4.74 Å². The maximum atomic E-state index is 11.4. The third-order valence-electron chi connectivity index (χ3n) is 1.93. The van der Waals surface area contributed by atoms with E-state index in [0.717, 1.165) is 6.54 Å². The number of anilines is 1. The van der Waals surface area contributed by atoms with E-state index in [1.165, 1.54) is 0 Å². The summed E-state index contributed by atoms with van der Waals surface area (Å²) < 4.78 is 5.31. The highest BCUT2D eigenvalue weighted by Gasteiger charge is 2.09. The van der Waals surface area contributed by atoms with E-state index in [4.69, 9.17) is 10.5 Å². The summed E-state index contributed by atoms with van der Waals surface area (Å²) in [6.07, 6.45) is 0. The van der Waals surface area contributed by atoms with Gasteiger partial charge in [0.25, 0.3) is 5.91 Å². The first kappa shape index (κ1) is 13.4. The van der Waals surface area contributed by atoms with Gasteiger partial charge in [-0.1, -0.05) is 0 Å². The zero-order valence-corrected chi connectivity index (χ0v) is 10.1. The molecule has 1 amide bonds. The molecule has 1 aromatic rings. The summed E-state index contributed by atoms with van der Waals surface area (Å²) in [6, 6.07) is 0. The van der Waals surface area contributed by atoms with Crippen LogP contribution in [0, 0.1) is 0 Å². The zero-order valence-electron chi connectivity index (χ0n) is 10.1. The highest BCUT2D eigenvalue weighted by molar-refractivity contribution is 5.90. The summed E-state index contributed by atoms with van der Waals surface area (Å²) in [6.45, 7) is 2.38. The molecule has 8 heteroatoms. The minimum absolute atomic E-state index is 0.0531. The fraction of sp³-hybridized carbons (Fsp3) is 0.667. The predicted octanol–water partition coefficient (Wildman–Crippen LogP) is -1.31. The van der Waals surface area contributed by atoms with E-state index in [-0.39, 0.29) is 17.7 Å². The quantitative estimate of drug-likeness (QED) is 0.512. The summed E-state index contributed by atoms with van der Waals surface area (Å²) in [7, 11) is 3.94. The molecule has 1 rings (SSSR count). The van der Waals surface area contributed by atoms with Crippen LogP contribution in [0.4, 0.5) is 5.95 Å². The van der Waals surface area contributed by atoms with Gasteiger partial charge in [-0.15, -0.1) is 5.10 Å². The number of hydrogen-bond donors (Lipinski definition) is 3. The first-order valence-electron chi connectivity index (χ1n) is 5.28. The molecule has 96 valence electrons. The SMILES string of the molecule is CN(C)CCOCCNC(=O)c1nc(N)n[nH]1. The van der Waals surface area contributed by atoms with Crippen molar-refractivity contribution in [1.29, 1.82) is 0 Å². The highest BCUT2D eigenvalue weighted by atomic mass is 16.5. The van der Waals surface area contributed by atoms with E-state index in [1.807, 2.05) is 19.0 Å². The Morgan fingerprint density at radius 2 is 2.29 bits per heavy atom. The lowest BCUT2D eigenvalue weighted by atomic mass is 10.5. The third-order valence-corrected chi connectivity index (χ3v) is 1.93. The Morgan fingerprint density at radius 1 is 1.53 bits per heavy atom. The second-order valence-corrected chi connectivity index (χ2v) is 3.71. The van der Waals surface area contributed by atoms with Crippen molar-refractivity contribution in [3.05, 3.63) is 5.82 Å². The first-order chi connectivity index (χ1) is 8.09. The van der Waals surface area contributed by atoms with E-state index >= 15 is 0 Å². The van der Waals surface area contributed by atoms with Crippen molar-refractivity contribution in [2.24, 2.45) is 0 Å². The van der Waals surface area contributed by atoms with Crippen LogP contribution < -0.4 is 11.1 Å². The van der Waals surface area contributed by atoms with Gasteiger partial charge in [-0.2, -0.15) is 4.98 Å². The molecule has 0 saturated heterocycles. The Kier molecular flexibility index (Phi) is 5.37. The van der Waals surface area contributed by atoms with Crippen LogP contribution in [-0.4, -0.2) is 66.4 Å². The van der Waals surface area contributed by atoms with E-state index in [2.05, 4.69) is 20.5 Å². The molecule has 4 N–H and O–H groups in total. The van der Waals surface area contributed by atoms with E-state index in [0.29, 0.717) is 19.8 Å². The van der Waals surface area contributed by atoms with Gasteiger partial charge in [-0.25, -0.2) is 0 Å². The van der Waals surface area contributed by atoms with Crippen molar-refractivity contribution in [1.82, 2.24) is 25.4 Å². The number of rotatable bonds is 7. The van der Waals surface area contributed by atoms with Crippen molar-refractivity contribution in [2.75, 3.05) is 46.1 Å². The Morgan fingerprint density at radius 3 is 2.88 bits per heavy atom. The molecule has 0 radical (unpaired) electrons. The van der Waals surface area contributed by atoms with Crippen LogP contribution >= 0.6 is 0 Å². The van der Waals surface area contributed by atoms with Crippen LogP contribution in [0.15, 0.2) is 0 Å². The molecule has 8 nitrogen and oxygen atoms in total. The van der Waals surface area contributed by atoms with Crippen molar-refractivity contribution >= 4 is 11.9 Å². The first-order valence-corrected chi connectivity index (χ1v) is 5.28. The summed E-state index contributed by atoms with van der Waals surface area (Å²) >= 11 is 0. The van der Waals surface area contributed by atoms with Crippen LogP contribution in [0.25, 0.3) is 0 Å². The fourth-order valence-corrected chi connectivity index (χ4v) is 1.05. The number of carbonyl (C=O) groups excluding carboxylic acids is 1. The minimum Gasteiger partial charge on any atom is -0.378 e. The Hall–Kier alpha value is -1.67. The van der Waals surface area contributed by atoms with Gasteiger partial charge in [0.05, 0.1) is 13.2 Å². The van der Waals surface area contributed by atoms with Gasteiger partial charge in [-0.05, 0) is 14.1 Å². The number of likely N-dealkylation sites (N-methyl/N-ethyl adjacent to an activating group) is 1. The number of nitrogens with two attached hydrogens (primary N) is 1. The molecule has 1 heterocycles. The molecule has 0 aliphatic carbocycles. The Balaban J connectivity index is 2.09. The molecular formula is C9H18N6O2. The minimum atomic E-state index is -0.342. The number of aromatic amines is 1. The molecule has 0 saturated carbocycles. The van der Waals surface area contributed by atoms with Crippen LogP contribution in [0.2, 0.25) is 0 Å². The maximum Gasteiger partial charge on any atom is 0.288 e. The number of nitrogen functional groups attached to an aromatic ring is 1. The predicted molar refractivity (Wildman–Crippen MR) is 62.5 cm³/mol. The van der Waals surface area contributed by atoms with E-state index in [1.54, 1.807) is 0 Å². The Labute approximate surface area is 99.5 Å². The second kappa shape index (κ2) is 6.81. The lowest BCUT2D eigenvalue weighted by Gasteiger charge is -2.09. The molecular weight excluding hydrogens is 224 g/mol. The average Bonchev–Trinajstić information content (AvgIpc) is 2.69. The van der Waals surface area contributed by atoms with Crippen molar-refractivity contribution in [3.8, 4) is 0 Å². The van der Waals surface area contributed by atoms with Crippen LogP contribution in [0.3, 0.4) is 0 Å². The lowest BCUT2D eigenvalue weighted by Crippen LogP contribution is -2.29. The molecule has 0 fully saturated rings. The number of hydrogen-bond acceptors (Lipinski definition) is 6. The van der Waals surface area contributed by atoms with Gasteiger partial charge in [0.2, 0.25) is 11.8 Å². The molecule has 0 unspecified atom stereocenters. The van der Waals surface area contributed by atoms with Gasteiger partial charge < -0.3 is 20.7 Å². The van der Waals surface area contributed by atoms with Gasteiger partial charge in [0.15, 0.2) is 0 Å². The number of nitrogens with one attached hydrogen (secondary N) is 2. The normalized spacial score (nSPS) is 10.8. The number of aromatic nitrogens is 3. The van der Waals surface area contributed by atoms with Crippen LogP contribution in [0.1, 0.15) is 10.6 Å². The monoisotopic (exact) mass is 242 g/mol. The Bertz CT molecular complexity index is 351. The van der Waals surface area contributed by atoms with Gasteiger partial charge in [-0.3, -0.25) is 9.89 Å². The average molecular weight is 242 g/mol. The second-order valence-electron chi connectivity index (χ2n) is 3.71. The number of carbonyl (C=O) groups is 1. The number of H-pyrrole nitrogens is 1. The molecule has 17 heavy (non-hydrogen) atoms. The van der Waals surface area contributed by atoms with Gasteiger partial charge >= 0.3 is 0 Å². The fourth-order valence-electron chi connectivity index (χ4n) is 1.05. The molecule has 0 aromatic carbocycles. The summed E-state index contributed by atoms with van der Waals surface area (Å²) in [4.78, 5) is 17.2. The molecule has 0 bridgehead atoms. The number of nitrogens with zero attached hydrogens (tertiary/aromatic N) is 3. The molecule has 0 aliphatic heterocycles. The van der Waals surface area contributed by atoms with E-state index < -0.39 is 0 Å².